The van der Waals surface area contributed by atoms with Crippen LogP contribution in [-0.4, -0.2) is 50.5 Å². The van der Waals surface area contributed by atoms with Gasteiger partial charge in [0.2, 0.25) is 0 Å². The average Bonchev–Trinajstić information content (AvgIpc) is 3.04. The number of aldehydes is 1. The number of carbonyl (C=O) groups excluding carboxylic acids is 2. The number of nitrogens with zero attached hydrogens (tertiary/aromatic N) is 3. The Morgan fingerprint density at radius 3 is 2.71 bits per heavy atom. The van der Waals surface area contributed by atoms with Gasteiger partial charge in [0.15, 0.2) is 5.75 Å². The average molecular weight is 379 g/mol. The number of hydrogen-bond donors (Lipinski definition) is 1. The van der Waals surface area contributed by atoms with Gasteiger partial charge in [-0.2, -0.15) is 5.10 Å². The molecular weight excluding hydrogens is 358 g/mol. The molecule has 3 heterocycles. The van der Waals surface area contributed by atoms with Gasteiger partial charge < -0.3 is 19.5 Å². The van der Waals surface area contributed by atoms with Crippen LogP contribution in [0.2, 0.25) is 0 Å². The van der Waals surface area contributed by atoms with E-state index in [-0.39, 0.29) is 11.9 Å². The predicted octanol–water partition coefficient (Wildman–Crippen LogP) is 2.38. The fourth-order valence-electron chi connectivity index (χ4n) is 3.45. The lowest BCUT2D eigenvalue weighted by atomic mass is 9.99. The minimum absolute atomic E-state index is 0.120. The van der Waals surface area contributed by atoms with Crippen molar-refractivity contribution in [3.05, 3.63) is 59.4 Å². The lowest BCUT2D eigenvalue weighted by Gasteiger charge is -2.43. The van der Waals surface area contributed by atoms with Crippen molar-refractivity contribution in [3.63, 3.8) is 0 Å². The topological polar surface area (TPSA) is 84.1 Å². The maximum atomic E-state index is 12.8. The van der Waals surface area contributed by atoms with E-state index in [0.29, 0.717) is 30.0 Å². The van der Waals surface area contributed by atoms with E-state index in [2.05, 4.69) is 5.10 Å². The molecule has 7 nitrogen and oxygen atoms in total. The summed E-state index contributed by atoms with van der Waals surface area (Å²) in [4.78, 5) is 25.1. The lowest BCUT2D eigenvalue weighted by Crippen LogP contribution is -2.60. The van der Waals surface area contributed by atoms with Crippen molar-refractivity contribution in [1.82, 2.24) is 14.5 Å². The quantitative estimate of drug-likeness (QED) is 0.688. The molecule has 2 aromatic heterocycles. The van der Waals surface area contributed by atoms with E-state index in [1.807, 2.05) is 38.1 Å². The zero-order chi connectivity index (χ0) is 19.8. The van der Waals surface area contributed by atoms with E-state index in [1.165, 1.54) is 0 Å². The second-order valence-corrected chi connectivity index (χ2v) is 7.04. The number of rotatable bonds is 5. The van der Waals surface area contributed by atoms with Crippen LogP contribution in [0, 0.1) is 6.92 Å². The molecule has 3 aromatic rings. The molecule has 7 heteroatoms. The lowest BCUT2D eigenvalue weighted by molar-refractivity contribution is -0.107. The van der Waals surface area contributed by atoms with Crippen LogP contribution in [-0.2, 0) is 11.2 Å². The number of hydrogen-bond acceptors (Lipinski definition) is 5. The maximum absolute atomic E-state index is 12.8. The minimum atomic E-state index is -0.472. The van der Waals surface area contributed by atoms with Crippen LogP contribution in [0.1, 0.15) is 28.4 Å². The van der Waals surface area contributed by atoms with Gasteiger partial charge in [0, 0.05) is 25.2 Å². The van der Waals surface area contributed by atoms with Crippen LogP contribution < -0.4 is 4.74 Å². The van der Waals surface area contributed by atoms with Gasteiger partial charge in [-0.25, -0.2) is 4.52 Å². The molecule has 0 radical (unpaired) electrons. The third-order valence-electron chi connectivity index (χ3n) is 5.28. The highest BCUT2D eigenvalue weighted by Crippen LogP contribution is 2.32. The summed E-state index contributed by atoms with van der Waals surface area (Å²) in [6.07, 6.45) is 4.08. The van der Waals surface area contributed by atoms with Crippen molar-refractivity contribution >= 4 is 17.7 Å². The van der Waals surface area contributed by atoms with E-state index < -0.39 is 6.10 Å². The molecule has 144 valence electrons. The van der Waals surface area contributed by atoms with Gasteiger partial charge >= 0.3 is 0 Å². The third-order valence-corrected chi connectivity index (χ3v) is 5.28. The summed E-state index contributed by atoms with van der Waals surface area (Å²) < 4.78 is 7.66. The highest BCUT2D eigenvalue weighted by atomic mass is 16.5. The van der Waals surface area contributed by atoms with Crippen molar-refractivity contribution in [2.75, 3.05) is 6.54 Å². The SMILES string of the molecule is Cc1c(C(=O)N2C[C@@H](O)[C@H]2C)cn2nccc(Oc3ccc(CC=O)cc3)c12. The number of β-amino-alcohol motifs (C(OH)–C–C–N with tert-alkyl or cyclic N) is 1. The maximum Gasteiger partial charge on any atom is 0.256 e. The summed E-state index contributed by atoms with van der Waals surface area (Å²) in [5.74, 6) is 1.10. The van der Waals surface area contributed by atoms with Crippen LogP contribution in [0.3, 0.4) is 0 Å². The third kappa shape index (κ3) is 3.03. The first kappa shape index (κ1) is 18.2. The highest BCUT2D eigenvalue weighted by Gasteiger charge is 2.38. The van der Waals surface area contributed by atoms with E-state index >= 15 is 0 Å². The van der Waals surface area contributed by atoms with Crippen LogP contribution >= 0.6 is 0 Å². The molecule has 2 atom stereocenters. The van der Waals surface area contributed by atoms with Crippen molar-refractivity contribution in [2.45, 2.75) is 32.4 Å². The van der Waals surface area contributed by atoms with Gasteiger partial charge in [0.1, 0.15) is 17.6 Å². The van der Waals surface area contributed by atoms with Gasteiger partial charge in [-0.05, 0) is 37.1 Å². The minimum Gasteiger partial charge on any atom is -0.455 e. The summed E-state index contributed by atoms with van der Waals surface area (Å²) >= 11 is 0. The Balaban J connectivity index is 1.65. The number of carbonyl (C=O) groups is 2. The summed E-state index contributed by atoms with van der Waals surface area (Å²) in [6.45, 7) is 4.04. The zero-order valence-corrected chi connectivity index (χ0v) is 15.7. The van der Waals surface area contributed by atoms with Gasteiger partial charge in [0.25, 0.3) is 5.91 Å². The molecule has 4 rings (SSSR count). The Kier molecular flexibility index (Phi) is 4.60. The Morgan fingerprint density at radius 2 is 2.07 bits per heavy atom. The second-order valence-electron chi connectivity index (χ2n) is 7.04. The fraction of sp³-hybridized carbons (Fsp3) is 0.286. The van der Waals surface area contributed by atoms with Crippen LogP contribution in [0.15, 0.2) is 42.7 Å². The number of aryl methyl sites for hydroxylation is 1. The van der Waals surface area contributed by atoms with E-state index in [9.17, 15) is 14.7 Å². The number of aliphatic hydroxyl groups excluding tert-OH is 1. The molecular formula is C21H21N3O4. The standard InChI is InChI=1S/C21H21N3O4/c1-13-17(21(27)23-12-18(26)14(23)2)11-24-20(13)19(7-9-22-24)28-16-5-3-15(4-6-16)8-10-25/h3-7,9-11,14,18,26H,8,12H2,1-2H3/t14-,18-/m1/s1. The van der Waals surface area contributed by atoms with Crippen molar-refractivity contribution in [3.8, 4) is 11.5 Å². The number of benzene rings is 1. The molecule has 1 aromatic carbocycles. The van der Waals surface area contributed by atoms with Gasteiger partial charge in [-0.1, -0.05) is 12.1 Å². The van der Waals surface area contributed by atoms with Crippen LogP contribution in [0.5, 0.6) is 11.5 Å². The summed E-state index contributed by atoms with van der Waals surface area (Å²) in [5.41, 5.74) is 2.96. The summed E-state index contributed by atoms with van der Waals surface area (Å²) in [6, 6.07) is 8.87. The van der Waals surface area contributed by atoms with Crippen LogP contribution in [0.4, 0.5) is 0 Å². The molecule has 0 aliphatic carbocycles. The Hall–Kier alpha value is -3.19. The Bertz CT molecular complexity index is 1040. The smallest absolute Gasteiger partial charge is 0.256 e. The first-order valence-corrected chi connectivity index (χ1v) is 9.16. The summed E-state index contributed by atoms with van der Waals surface area (Å²) in [7, 11) is 0. The van der Waals surface area contributed by atoms with E-state index in [4.69, 9.17) is 4.74 Å². The first-order chi connectivity index (χ1) is 13.5. The number of fused-ring (bicyclic) bond motifs is 1. The fourth-order valence-corrected chi connectivity index (χ4v) is 3.45. The van der Waals surface area contributed by atoms with Crippen molar-refractivity contribution in [2.24, 2.45) is 0 Å². The molecule has 1 saturated heterocycles. The zero-order valence-electron chi connectivity index (χ0n) is 15.7. The normalized spacial score (nSPS) is 18.8. The van der Waals surface area contributed by atoms with Gasteiger partial charge in [-0.3, -0.25) is 4.79 Å². The molecule has 28 heavy (non-hydrogen) atoms. The molecule has 0 saturated carbocycles. The second kappa shape index (κ2) is 7.09. The predicted molar refractivity (Wildman–Crippen MR) is 103 cm³/mol. The number of likely N-dealkylation sites (tertiary alicyclic amines) is 1. The number of ether oxygens (including phenoxy) is 1. The van der Waals surface area contributed by atoms with Crippen molar-refractivity contribution in [1.29, 1.82) is 0 Å². The molecule has 1 fully saturated rings. The molecule has 1 aliphatic rings. The van der Waals surface area contributed by atoms with Gasteiger partial charge in [0.05, 0.1) is 23.9 Å². The molecule has 1 aliphatic heterocycles. The number of aliphatic hydroxyl groups is 1. The largest absolute Gasteiger partial charge is 0.455 e. The van der Waals surface area contributed by atoms with Crippen molar-refractivity contribution < 1.29 is 19.4 Å². The monoisotopic (exact) mass is 379 g/mol. The molecule has 1 N–H and O–H groups in total. The molecule has 0 bridgehead atoms. The molecule has 1 amide bonds. The first-order valence-electron chi connectivity index (χ1n) is 9.16. The molecule has 0 spiro atoms. The highest BCUT2D eigenvalue weighted by molar-refractivity contribution is 5.99. The summed E-state index contributed by atoms with van der Waals surface area (Å²) in [5, 5.41) is 14.0. The Labute approximate surface area is 162 Å². The number of aromatic nitrogens is 2. The van der Waals surface area contributed by atoms with Gasteiger partial charge in [-0.15, -0.1) is 0 Å². The number of amides is 1. The van der Waals surface area contributed by atoms with Crippen LogP contribution in [0.25, 0.3) is 5.52 Å². The van der Waals surface area contributed by atoms with E-state index in [0.717, 1.165) is 22.9 Å². The molecule has 0 unspecified atom stereocenters. The Morgan fingerprint density at radius 1 is 1.32 bits per heavy atom. The van der Waals surface area contributed by atoms with E-state index in [1.54, 1.807) is 27.9 Å².